The van der Waals surface area contributed by atoms with E-state index in [-0.39, 0.29) is 5.41 Å². The van der Waals surface area contributed by atoms with Crippen molar-refractivity contribution >= 4 is 11.3 Å². The van der Waals surface area contributed by atoms with E-state index in [1.807, 2.05) is 6.20 Å². The predicted molar refractivity (Wildman–Crippen MR) is 53.6 cm³/mol. The number of hydrogen-bond acceptors (Lipinski definition) is 3. The van der Waals surface area contributed by atoms with Gasteiger partial charge in [0.1, 0.15) is 0 Å². The van der Waals surface area contributed by atoms with E-state index in [0.717, 1.165) is 6.42 Å². The molecule has 0 aliphatic rings. The van der Waals surface area contributed by atoms with Crippen LogP contribution in [0.4, 0.5) is 0 Å². The quantitative estimate of drug-likeness (QED) is 0.779. The SMILES string of the molecule is CCc1ncc(C(C)(C)CN)s1. The van der Waals surface area contributed by atoms with Crippen LogP contribution in [0.5, 0.6) is 0 Å². The highest BCUT2D eigenvalue weighted by atomic mass is 32.1. The van der Waals surface area contributed by atoms with Crippen LogP contribution in [0.1, 0.15) is 30.7 Å². The van der Waals surface area contributed by atoms with Gasteiger partial charge >= 0.3 is 0 Å². The minimum atomic E-state index is 0.0884. The summed E-state index contributed by atoms with van der Waals surface area (Å²) in [5, 5.41) is 1.20. The van der Waals surface area contributed by atoms with Crippen LogP contribution in [0.2, 0.25) is 0 Å². The summed E-state index contributed by atoms with van der Waals surface area (Å²) < 4.78 is 0. The lowest BCUT2D eigenvalue weighted by molar-refractivity contribution is 0.549. The number of nitrogens with zero attached hydrogens (tertiary/aromatic N) is 1. The van der Waals surface area contributed by atoms with Crippen molar-refractivity contribution in [3.05, 3.63) is 16.1 Å². The summed E-state index contributed by atoms with van der Waals surface area (Å²) in [7, 11) is 0. The molecule has 0 bridgehead atoms. The normalized spacial score (nSPS) is 12.0. The maximum Gasteiger partial charge on any atom is 0.0925 e. The first-order chi connectivity index (χ1) is 5.60. The van der Waals surface area contributed by atoms with E-state index in [1.54, 1.807) is 11.3 Å². The van der Waals surface area contributed by atoms with Gasteiger partial charge in [0.2, 0.25) is 0 Å². The predicted octanol–water partition coefficient (Wildman–Crippen LogP) is 1.94. The van der Waals surface area contributed by atoms with Crippen molar-refractivity contribution in [1.29, 1.82) is 0 Å². The van der Waals surface area contributed by atoms with Gasteiger partial charge in [-0.2, -0.15) is 0 Å². The monoisotopic (exact) mass is 184 g/mol. The lowest BCUT2D eigenvalue weighted by Gasteiger charge is -2.19. The number of thiazole rings is 1. The Morgan fingerprint density at radius 1 is 1.58 bits per heavy atom. The molecular formula is C9H16N2S. The van der Waals surface area contributed by atoms with Gasteiger partial charge < -0.3 is 5.73 Å². The van der Waals surface area contributed by atoms with Gasteiger partial charge in [0.05, 0.1) is 5.01 Å². The maximum absolute atomic E-state index is 5.67. The highest BCUT2D eigenvalue weighted by molar-refractivity contribution is 7.11. The zero-order chi connectivity index (χ0) is 9.19. The molecule has 1 rings (SSSR count). The highest BCUT2D eigenvalue weighted by Crippen LogP contribution is 2.27. The number of aromatic nitrogens is 1. The van der Waals surface area contributed by atoms with Crippen molar-refractivity contribution in [3.8, 4) is 0 Å². The molecule has 1 aromatic heterocycles. The van der Waals surface area contributed by atoms with Crippen molar-refractivity contribution < 1.29 is 0 Å². The molecule has 1 heterocycles. The summed E-state index contributed by atoms with van der Waals surface area (Å²) in [5.41, 5.74) is 5.76. The molecule has 0 unspecified atom stereocenters. The molecule has 0 amide bonds. The second kappa shape index (κ2) is 3.54. The van der Waals surface area contributed by atoms with E-state index in [1.165, 1.54) is 9.88 Å². The second-order valence-electron chi connectivity index (χ2n) is 3.56. The average Bonchev–Trinajstić information content (AvgIpc) is 2.52. The second-order valence-corrected chi connectivity index (χ2v) is 4.68. The smallest absolute Gasteiger partial charge is 0.0925 e. The Hall–Kier alpha value is -0.410. The number of aryl methyl sites for hydroxylation is 1. The fourth-order valence-corrected chi connectivity index (χ4v) is 1.86. The number of rotatable bonds is 3. The van der Waals surface area contributed by atoms with Crippen LogP contribution < -0.4 is 5.73 Å². The molecular weight excluding hydrogens is 168 g/mol. The third kappa shape index (κ3) is 1.84. The molecule has 3 heteroatoms. The lowest BCUT2D eigenvalue weighted by Crippen LogP contribution is -2.26. The fraction of sp³-hybridized carbons (Fsp3) is 0.667. The number of hydrogen-bond donors (Lipinski definition) is 1. The van der Waals surface area contributed by atoms with E-state index in [4.69, 9.17) is 5.73 Å². The van der Waals surface area contributed by atoms with Crippen molar-refractivity contribution in [2.75, 3.05) is 6.54 Å². The summed E-state index contributed by atoms with van der Waals surface area (Å²) >= 11 is 1.77. The van der Waals surface area contributed by atoms with Crippen molar-refractivity contribution in [1.82, 2.24) is 4.98 Å². The Bertz CT molecular complexity index is 253. The van der Waals surface area contributed by atoms with Gasteiger partial charge in [-0.25, -0.2) is 4.98 Å². The number of nitrogens with two attached hydrogens (primary N) is 1. The maximum atomic E-state index is 5.67. The molecule has 0 radical (unpaired) electrons. The van der Waals surface area contributed by atoms with Crippen LogP contribution in [0, 0.1) is 0 Å². The molecule has 0 aliphatic carbocycles. The first-order valence-corrected chi connectivity index (χ1v) is 5.07. The minimum absolute atomic E-state index is 0.0884. The zero-order valence-corrected chi connectivity index (χ0v) is 8.74. The molecule has 1 aromatic rings. The van der Waals surface area contributed by atoms with Crippen LogP contribution >= 0.6 is 11.3 Å². The summed E-state index contributed by atoms with van der Waals surface area (Å²) in [6.07, 6.45) is 2.97. The lowest BCUT2D eigenvalue weighted by atomic mass is 9.93. The van der Waals surface area contributed by atoms with Gasteiger partial charge in [0, 0.05) is 23.0 Å². The molecule has 0 aromatic carbocycles. The van der Waals surface area contributed by atoms with Gasteiger partial charge in [-0.3, -0.25) is 0 Å². The first-order valence-electron chi connectivity index (χ1n) is 4.25. The zero-order valence-electron chi connectivity index (χ0n) is 7.92. The van der Waals surface area contributed by atoms with E-state index in [2.05, 4.69) is 25.8 Å². The summed E-state index contributed by atoms with van der Waals surface area (Å²) in [4.78, 5) is 5.61. The molecule has 0 fully saturated rings. The molecule has 2 nitrogen and oxygen atoms in total. The highest BCUT2D eigenvalue weighted by Gasteiger charge is 2.20. The van der Waals surface area contributed by atoms with E-state index in [9.17, 15) is 0 Å². The summed E-state index contributed by atoms with van der Waals surface area (Å²) in [6, 6.07) is 0. The fourth-order valence-electron chi connectivity index (χ4n) is 0.887. The summed E-state index contributed by atoms with van der Waals surface area (Å²) in [5.74, 6) is 0. The van der Waals surface area contributed by atoms with Crippen LogP contribution in [0.15, 0.2) is 6.20 Å². The van der Waals surface area contributed by atoms with E-state index < -0.39 is 0 Å². The molecule has 0 aliphatic heterocycles. The molecule has 12 heavy (non-hydrogen) atoms. The van der Waals surface area contributed by atoms with Crippen LogP contribution in [0.25, 0.3) is 0 Å². The van der Waals surface area contributed by atoms with Gasteiger partial charge in [-0.05, 0) is 6.42 Å². The standard InChI is InChI=1S/C9H16N2S/c1-4-8-11-5-7(12-8)9(2,3)6-10/h5H,4,6,10H2,1-3H3. The van der Waals surface area contributed by atoms with Gasteiger partial charge in [-0.15, -0.1) is 11.3 Å². The minimum Gasteiger partial charge on any atom is -0.330 e. The van der Waals surface area contributed by atoms with Gasteiger partial charge in [-0.1, -0.05) is 20.8 Å². The molecule has 0 saturated heterocycles. The topological polar surface area (TPSA) is 38.9 Å². The Kier molecular flexibility index (Phi) is 2.85. The Morgan fingerprint density at radius 3 is 2.67 bits per heavy atom. The molecule has 68 valence electrons. The van der Waals surface area contributed by atoms with E-state index in [0.29, 0.717) is 6.54 Å². The van der Waals surface area contributed by atoms with Crippen LogP contribution in [-0.4, -0.2) is 11.5 Å². The Morgan fingerprint density at radius 2 is 2.25 bits per heavy atom. The molecule has 0 spiro atoms. The van der Waals surface area contributed by atoms with E-state index >= 15 is 0 Å². The van der Waals surface area contributed by atoms with Crippen molar-refractivity contribution in [2.24, 2.45) is 5.73 Å². The molecule has 2 N–H and O–H groups in total. The average molecular weight is 184 g/mol. The first kappa shape index (κ1) is 9.68. The Balaban J connectivity index is 2.88. The molecule has 0 saturated carbocycles. The van der Waals surface area contributed by atoms with Gasteiger partial charge in [0.15, 0.2) is 0 Å². The van der Waals surface area contributed by atoms with Crippen molar-refractivity contribution in [3.63, 3.8) is 0 Å². The third-order valence-corrected chi connectivity index (χ3v) is 3.54. The van der Waals surface area contributed by atoms with Gasteiger partial charge in [0.25, 0.3) is 0 Å². The summed E-state index contributed by atoms with van der Waals surface area (Å²) in [6.45, 7) is 7.11. The largest absolute Gasteiger partial charge is 0.330 e. The Labute approximate surface area is 77.8 Å². The van der Waals surface area contributed by atoms with Crippen molar-refractivity contribution in [2.45, 2.75) is 32.6 Å². The van der Waals surface area contributed by atoms with Crippen LogP contribution in [-0.2, 0) is 11.8 Å². The molecule has 0 atom stereocenters. The third-order valence-electron chi connectivity index (χ3n) is 2.03. The van der Waals surface area contributed by atoms with Crippen LogP contribution in [0.3, 0.4) is 0 Å².